The van der Waals surface area contributed by atoms with E-state index in [2.05, 4.69) is 15.5 Å². The van der Waals surface area contributed by atoms with Gasteiger partial charge in [0.2, 0.25) is 0 Å². The predicted molar refractivity (Wildman–Crippen MR) is 79.7 cm³/mol. The molecule has 0 saturated heterocycles. The van der Waals surface area contributed by atoms with Gasteiger partial charge in [-0.2, -0.15) is 0 Å². The zero-order chi connectivity index (χ0) is 15.1. The number of para-hydroxylation sites is 2. The molecule has 1 heterocycles. The molecule has 1 aromatic heterocycles. The zero-order valence-electron chi connectivity index (χ0n) is 11.7. The van der Waals surface area contributed by atoms with Crippen molar-refractivity contribution in [3.63, 3.8) is 0 Å². The van der Waals surface area contributed by atoms with Gasteiger partial charge in [0, 0.05) is 5.69 Å². The van der Waals surface area contributed by atoms with Gasteiger partial charge in [-0.3, -0.25) is 15.1 Å². The summed E-state index contributed by atoms with van der Waals surface area (Å²) in [4.78, 5) is 20.5. The van der Waals surface area contributed by atoms with Crippen LogP contribution in [-0.2, 0) is 4.84 Å². The van der Waals surface area contributed by atoms with Crippen LogP contribution in [0, 0.1) is 6.92 Å². The maximum atomic E-state index is 11.6. The normalized spacial score (nSPS) is 10.4. The van der Waals surface area contributed by atoms with Gasteiger partial charge in [0.05, 0.1) is 24.7 Å². The molecule has 0 unspecified atom stereocenters. The maximum Gasteiger partial charge on any atom is 0.437 e. The summed E-state index contributed by atoms with van der Waals surface area (Å²) >= 11 is 0. The Labute approximate surface area is 122 Å². The van der Waals surface area contributed by atoms with E-state index in [1.165, 1.54) is 13.3 Å². The first-order valence-corrected chi connectivity index (χ1v) is 6.27. The molecule has 6 heteroatoms. The molecule has 2 rings (SSSR count). The second-order valence-electron chi connectivity index (χ2n) is 4.14. The molecule has 21 heavy (non-hydrogen) atoms. The Bertz CT molecular complexity index is 656. The van der Waals surface area contributed by atoms with Crippen molar-refractivity contribution in [2.45, 2.75) is 6.92 Å². The lowest BCUT2D eigenvalue weighted by Crippen LogP contribution is -2.11. The summed E-state index contributed by atoms with van der Waals surface area (Å²) in [7, 11) is 1.52. The standard InChI is InChI=1S/C15H15N3O3/c1-11-6-5-7-12(17-11)10-16-21-15(19)18-13-8-3-4-9-14(13)20-2/h3-10H,1-2H3,(H,18,19)/b16-10-. The Morgan fingerprint density at radius 3 is 2.81 bits per heavy atom. The molecule has 1 N–H and O–H groups in total. The number of aryl methyl sites for hydroxylation is 1. The molecule has 1 amide bonds. The van der Waals surface area contributed by atoms with E-state index in [4.69, 9.17) is 9.57 Å². The fraction of sp³-hybridized carbons (Fsp3) is 0.133. The van der Waals surface area contributed by atoms with Crippen LogP contribution in [-0.4, -0.2) is 24.4 Å². The smallest absolute Gasteiger partial charge is 0.437 e. The summed E-state index contributed by atoms with van der Waals surface area (Å²) in [5.74, 6) is 0.541. The number of oxime groups is 1. The van der Waals surface area contributed by atoms with Gasteiger partial charge in [-0.25, -0.2) is 4.79 Å². The van der Waals surface area contributed by atoms with E-state index in [1.54, 1.807) is 30.3 Å². The molecule has 108 valence electrons. The molecule has 0 aliphatic heterocycles. The number of methoxy groups -OCH3 is 1. The molecule has 0 fully saturated rings. The summed E-state index contributed by atoms with van der Waals surface area (Å²) in [6.45, 7) is 1.87. The number of benzene rings is 1. The minimum atomic E-state index is -0.705. The first-order valence-electron chi connectivity index (χ1n) is 6.27. The molecule has 0 bridgehead atoms. The van der Waals surface area contributed by atoms with Gasteiger partial charge in [-0.05, 0) is 31.2 Å². The highest BCUT2D eigenvalue weighted by Gasteiger charge is 2.07. The number of nitrogens with one attached hydrogen (secondary N) is 1. The number of amides is 1. The third kappa shape index (κ3) is 4.31. The van der Waals surface area contributed by atoms with Gasteiger partial charge >= 0.3 is 6.09 Å². The van der Waals surface area contributed by atoms with Gasteiger partial charge in [0.25, 0.3) is 0 Å². The van der Waals surface area contributed by atoms with Crippen molar-refractivity contribution in [3.8, 4) is 5.75 Å². The number of hydrogen-bond donors (Lipinski definition) is 1. The van der Waals surface area contributed by atoms with Crippen LogP contribution in [0.15, 0.2) is 47.6 Å². The van der Waals surface area contributed by atoms with E-state index >= 15 is 0 Å². The first-order chi connectivity index (χ1) is 10.2. The molecule has 6 nitrogen and oxygen atoms in total. The Kier molecular flexibility index (Phi) is 4.87. The van der Waals surface area contributed by atoms with Crippen molar-refractivity contribution < 1.29 is 14.4 Å². The van der Waals surface area contributed by atoms with Crippen LogP contribution in [0.4, 0.5) is 10.5 Å². The number of rotatable bonds is 4. The summed E-state index contributed by atoms with van der Waals surface area (Å²) in [6.07, 6.45) is 0.665. The average Bonchev–Trinajstić information content (AvgIpc) is 2.48. The van der Waals surface area contributed by atoms with Crippen molar-refractivity contribution in [3.05, 3.63) is 53.9 Å². The number of pyridine rings is 1. The Hall–Kier alpha value is -2.89. The van der Waals surface area contributed by atoms with Gasteiger partial charge in [0.15, 0.2) is 0 Å². The van der Waals surface area contributed by atoms with Gasteiger partial charge in [0.1, 0.15) is 5.75 Å². The number of aromatic nitrogens is 1. The van der Waals surface area contributed by atoms with Crippen LogP contribution in [0.5, 0.6) is 5.75 Å². The third-order valence-corrected chi connectivity index (χ3v) is 2.57. The lowest BCUT2D eigenvalue weighted by Gasteiger charge is -2.07. The van der Waals surface area contributed by atoms with E-state index < -0.39 is 6.09 Å². The molecule has 0 radical (unpaired) electrons. The van der Waals surface area contributed by atoms with Gasteiger partial charge in [-0.15, -0.1) is 0 Å². The molecular formula is C15H15N3O3. The monoisotopic (exact) mass is 285 g/mol. The van der Waals surface area contributed by atoms with Crippen LogP contribution in [0.3, 0.4) is 0 Å². The summed E-state index contributed by atoms with van der Waals surface area (Å²) in [6, 6.07) is 12.5. The fourth-order valence-electron chi connectivity index (χ4n) is 1.64. The molecule has 0 saturated carbocycles. The summed E-state index contributed by atoms with van der Waals surface area (Å²) in [5.41, 5.74) is 1.98. The lowest BCUT2D eigenvalue weighted by molar-refractivity contribution is 0.167. The van der Waals surface area contributed by atoms with Crippen LogP contribution in [0.25, 0.3) is 0 Å². The van der Waals surface area contributed by atoms with Crippen molar-refractivity contribution >= 4 is 18.0 Å². The third-order valence-electron chi connectivity index (χ3n) is 2.57. The quantitative estimate of drug-likeness (QED) is 0.532. The second-order valence-corrected chi connectivity index (χ2v) is 4.14. The van der Waals surface area contributed by atoms with Crippen molar-refractivity contribution in [1.82, 2.24) is 4.98 Å². The second kappa shape index (κ2) is 7.04. The van der Waals surface area contributed by atoms with E-state index in [-0.39, 0.29) is 0 Å². The highest BCUT2D eigenvalue weighted by Crippen LogP contribution is 2.22. The Balaban J connectivity index is 1.93. The van der Waals surface area contributed by atoms with Crippen molar-refractivity contribution in [2.24, 2.45) is 5.16 Å². The molecule has 0 atom stereocenters. The SMILES string of the molecule is COc1ccccc1NC(=O)O/N=C\c1cccc(C)n1. The Morgan fingerprint density at radius 2 is 2.05 bits per heavy atom. The molecule has 0 spiro atoms. The zero-order valence-corrected chi connectivity index (χ0v) is 11.7. The van der Waals surface area contributed by atoms with Crippen LogP contribution in [0.2, 0.25) is 0 Å². The van der Waals surface area contributed by atoms with Gasteiger partial charge in [-0.1, -0.05) is 23.4 Å². The number of nitrogens with zero attached hydrogens (tertiary/aromatic N) is 2. The van der Waals surface area contributed by atoms with E-state index in [0.717, 1.165) is 5.69 Å². The average molecular weight is 285 g/mol. The van der Waals surface area contributed by atoms with Gasteiger partial charge < -0.3 is 4.74 Å². The van der Waals surface area contributed by atoms with Crippen LogP contribution >= 0.6 is 0 Å². The Morgan fingerprint density at radius 1 is 1.24 bits per heavy atom. The van der Waals surface area contributed by atoms with E-state index in [0.29, 0.717) is 17.1 Å². The minimum absolute atomic E-state index is 0.508. The fourth-order valence-corrected chi connectivity index (χ4v) is 1.64. The molecular weight excluding hydrogens is 270 g/mol. The summed E-state index contributed by atoms with van der Waals surface area (Å²) < 4.78 is 5.11. The van der Waals surface area contributed by atoms with Crippen LogP contribution < -0.4 is 10.1 Å². The molecule has 2 aromatic rings. The highest BCUT2D eigenvalue weighted by atomic mass is 16.7. The molecule has 1 aromatic carbocycles. The number of carbonyl (C=O) groups excluding carboxylic acids is 1. The minimum Gasteiger partial charge on any atom is -0.495 e. The van der Waals surface area contributed by atoms with Crippen molar-refractivity contribution in [1.29, 1.82) is 0 Å². The largest absolute Gasteiger partial charge is 0.495 e. The number of anilines is 1. The molecule has 0 aliphatic rings. The van der Waals surface area contributed by atoms with Crippen LogP contribution in [0.1, 0.15) is 11.4 Å². The number of hydrogen-bond acceptors (Lipinski definition) is 5. The topological polar surface area (TPSA) is 72.8 Å². The first kappa shape index (κ1) is 14.5. The van der Waals surface area contributed by atoms with E-state index in [1.807, 2.05) is 19.1 Å². The lowest BCUT2D eigenvalue weighted by atomic mass is 10.3. The van der Waals surface area contributed by atoms with Crippen molar-refractivity contribution in [2.75, 3.05) is 12.4 Å². The maximum absolute atomic E-state index is 11.6. The van der Waals surface area contributed by atoms with E-state index in [9.17, 15) is 4.79 Å². The number of ether oxygens (including phenoxy) is 1. The highest BCUT2D eigenvalue weighted by molar-refractivity contribution is 5.87. The molecule has 0 aliphatic carbocycles. The summed E-state index contributed by atoms with van der Waals surface area (Å²) in [5, 5.41) is 6.13. The number of carbonyl (C=O) groups is 1. The predicted octanol–water partition coefficient (Wildman–Crippen LogP) is 2.98.